The number of hydrogen-bond donors (Lipinski definition) is 1. The van der Waals surface area contributed by atoms with Crippen LogP contribution in [0.25, 0.3) is 0 Å². The number of furan rings is 1. The zero-order valence-electron chi connectivity index (χ0n) is 9.65. The molecule has 0 bridgehead atoms. The van der Waals surface area contributed by atoms with E-state index in [1.54, 1.807) is 18.2 Å². The molecular weight excluding hydrogens is 233 g/mol. The van der Waals surface area contributed by atoms with Crippen molar-refractivity contribution in [3.8, 4) is 0 Å². The van der Waals surface area contributed by atoms with Crippen LogP contribution in [0.3, 0.4) is 0 Å². The second-order valence-corrected chi connectivity index (χ2v) is 4.56. The van der Waals surface area contributed by atoms with Gasteiger partial charge in [-0.3, -0.25) is 4.79 Å². The monoisotopic (exact) mass is 245 g/mol. The summed E-state index contributed by atoms with van der Waals surface area (Å²) in [6.45, 7) is 0. The first-order valence-electron chi connectivity index (χ1n) is 5.80. The number of hydrogen-bond acceptors (Lipinski definition) is 2. The lowest BCUT2D eigenvalue weighted by molar-refractivity contribution is 0.0930. The van der Waals surface area contributed by atoms with E-state index in [1.807, 2.05) is 0 Å². The van der Waals surface area contributed by atoms with Gasteiger partial charge < -0.3 is 9.73 Å². The van der Waals surface area contributed by atoms with Crippen LogP contribution in [0.1, 0.15) is 28.8 Å². The summed E-state index contributed by atoms with van der Waals surface area (Å²) in [6.07, 6.45) is 4.63. The highest BCUT2D eigenvalue weighted by atomic mass is 19.1. The van der Waals surface area contributed by atoms with Crippen LogP contribution in [0, 0.1) is 5.82 Å². The van der Waals surface area contributed by atoms with Crippen LogP contribution in [0.5, 0.6) is 0 Å². The number of benzene rings is 1. The SMILES string of the molecule is O=C(NC1(c2ccc(F)cc2)CC1)c1ccoc1. The molecule has 18 heavy (non-hydrogen) atoms. The molecule has 1 aromatic heterocycles. The summed E-state index contributed by atoms with van der Waals surface area (Å²) < 4.78 is 17.8. The number of halogens is 1. The Labute approximate surface area is 104 Å². The zero-order chi connectivity index (χ0) is 12.6. The van der Waals surface area contributed by atoms with Gasteiger partial charge in [-0.15, -0.1) is 0 Å². The summed E-state index contributed by atoms with van der Waals surface area (Å²) in [5, 5.41) is 2.98. The van der Waals surface area contributed by atoms with Crippen molar-refractivity contribution in [1.82, 2.24) is 5.32 Å². The van der Waals surface area contributed by atoms with Gasteiger partial charge in [0.2, 0.25) is 0 Å². The molecule has 1 aliphatic rings. The van der Waals surface area contributed by atoms with E-state index < -0.39 is 0 Å². The average molecular weight is 245 g/mol. The highest BCUT2D eigenvalue weighted by Gasteiger charge is 2.45. The van der Waals surface area contributed by atoms with Gasteiger partial charge in [0.1, 0.15) is 12.1 Å². The minimum absolute atomic E-state index is 0.162. The average Bonchev–Trinajstić information content (AvgIpc) is 2.94. The van der Waals surface area contributed by atoms with Crippen molar-refractivity contribution in [3.05, 3.63) is 59.8 Å². The first-order valence-corrected chi connectivity index (χ1v) is 5.80. The lowest BCUT2D eigenvalue weighted by atomic mass is 10.0. The maximum Gasteiger partial charge on any atom is 0.255 e. The number of nitrogens with one attached hydrogen (secondary N) is 1. The normalized spacial score (nSPS) is 16.3. The number of carbonyl (C=O) groups is 1. The summed E-state index contributed by atoms with van der Waals surface area (Å²) in [4.78, 5) is 12.0. The van der Waals surface area contributed by atoms with E-state index >= 15 is 0 Å². The smallest absolute Gasteiger partial charge is 0.255 e. The quantitative estimate of drug-likeness (QED) is 0.903. The Hall–Kier alpha value is -2.10. The van der Waals surface area contributed by atoms with Crippen LogP contribution in [0.15, 0.2) is 47.3 Å². The predicted molar refractivity (Wildman–Crippen MR) is 63.5 cm³/mol. The molecule has 1 N–H and O–H groups in total. The van der Waals surface area contributed by atoms with Crippen molar-refractivity contribution >= 4 is 5.91 Å². The van der Waals surface area contributed by atoms with Crippen LogP contribution >= 0.6 is 0 Å². The minimum atomic E-state index is -0.331. The van der Waals surface area contributed by atoms with E-state index in [9.17, 15) is 9.18 Å². The molecule has 1 saturated carbocycles. The maximum atomic E-state index is 12.9. The molecule has 0 aliphatic heterocycles. The molecule has 1 amide bonds. The largest absolute Gasteiger partial charge is 0.472 e. The first-order chi connectivity index (χ1) is 8.70. The molecule has 3 nitrogen and oxygen atoms in total. The third-order valence-corrected chi connectivity index (χ3v) is 3.28. The second-order valence-electron chi connectivity index (χ2n) is 4.56. The van der Waals surface area contributed by atoms with E-state index in [4.69, 9.17) is 4.42 Å². The van der Waals surface area contributed by atoms with Gasteiger partial charge in [-0.25, -0.2) is 4.39 Å². The summed E-state index contributed by atoms with van der Waals surface area (Å²) in [6, 6.07) is 7.89. The van der Waals surface area contributed by atoms with Gasteiger partial charge >= 0.3 is 0 Å². The molecule has 0 spiro atoms. The fourth-order valence-corrected chi connectivity index (χ4v) is 2.06. The van der Waals surface area contributed by atoms with E-state index in [0.29, 0.717) is 5.56 Å². The van der Waals surface area contributed by atoms with Gasteiger partial charge in [0.25, 0.3) is 5.91 Å². The Bertz CT molecular complexity index is 556. The Morgan fingerprint density at radius 1 is 1.22 bits per heavy atom. The van der Waals surface area contributed by atoms with Gasteiger partial charge in [0.05, 0.1) is 17.4 Å². The summed E-state index contributed by atoms with van der Waals surface area (Å²) in [5.74, 6) is -0.429. The number of carbonyl (C=O) groups excluding carboxylic acids is 1. The Balaban J connectivity index is 1.80. The van der Waals surface area contributed by atoms with E-state index in [-0.39, 0.29) is 17.3 Å². The molecule has 92 valence electrons. The molecule has 0 unspecified atom stereocenters. The molecule has 4 heteroatoms. The molecule has 0 saturated heterocycles. The van der Waals surface area contributed by atoms with Crippen LogP contribution in [-0.2, 0) is 5.54 Å². The molecule has 1 fully saturated rings. The van der Waals surface area contributed by atoms with E-state index in [2.05, 4.69) is 5.32 Å². The molecular formula is C14H12FNO2. The fraction of sp³-hybridized carbons (Fsp3) is 0.214. The molecule has 0 radical (unpaired) electrons. The number of rotatable bonds is 3. The predicted octanol–water partition coefficient (Wildman–Crippen LogP) is 2.84. The van der Waals surface area contributed by atoms with Crippen molar-refractivity contribution in [1.29, 1.82) is 0 Å². The van der Waals surface area contributed by atoms with Crippen LogP contribution in [0.4, 0.5) is 4.39 Å². The summed E-state index contributed by atoms with van der Waals surface area (Å²) in [7, 11) is 0. The first kappa shape index (κ1) is 11.0. The van der Waals surface area contributed by atoms with Gasteiger partial charge in [0, 0.05) is 0 Å². The van der Waals surface area contributed by atoms with E-state index in [1.165, 1.54) is 24.7 Å². The fourth-order valence-electron chi connectivity index (χ4n) is 2.06. The third kappa shape index (κ3) is 1.90. The summed E-state index contributed by atoms with van der Waals surface area (Å²) >= 11 is 0. The Morgan fingerprint density at radius 3 is 2.50 bits per heavy atom. The van der Waals surface area contributed by atoms with Crippen molar-refractivity contribution in [2.75, 3.05) is 0 Å². The van der Waals surface area contributed by atoms with Crippen molar-refractivity contribution in [2.45, 2.75) is 18.4 Å². The molecule has 0 atom stereocenters. The molecule has 1 aliphatic carbocycles. The van der Waals surface area contributed by atoms with Gasteiger partial charge in [-0.2, -0.15) is 0 Å². The second kappa shape index (κ2) is 3.98. The van der Waals surface area contributed by atoms with Crippen LogP contribution in [0.2, 0.25) is 0 Å². The highest BCUT2D eigenvalue weighted by Crippen LogP contribution is 2.45. The van der Waals surface area contributed by atoms with E-state index in [0.717, 1.165) is 18.4 Å². The van der Waals surface area contributed by atoms with Crippen LogP contribution < -0.4 is 5.32 Å². The van der Waals surface area contributed by atoms with Gasteiger partial charge in [-0.05, 0) is 36.6 Å². The zero-order valence-corrected chi connectivity index (χ0v) is 9.65. The Kier molecular flexibility index (Phi) is 2.44. The topological polar surface area (TPSA) is 42.2 Å². The van der Waals surface area contributed by atoms with Gasteiger partial charge in [0.15, 0.2) is 0 Å². The number of amides is 1. The lowest BCUT2D eigenvalue weighted by Crippen LogP contribution is -2.34. The highest BCUT2D eigenvalue weighted by molar-refractivity contribution is 5.94. The van der Waals surface area contributed by atoms with Crippen LogP contribution in [-0.4, -0.2) is 5.91 Å². The van der Waals surface area contributed by atoms with Crippen molar-refractivity contribution < 1.29 is 13.6 Å². The third-order valence-electron chi connectivity index (χ3n) is 3.28. The Morgan fingerprint density at radius 2 is 1.94 bits per heavy atom. The molecule has 1 aromatic carbocycles. The van der Waals surface area contributed by atoms with Gasteiger partial charge in [-0.1, -0.05) is 12.1 Å². The maximum absolute atomic E-state index is 12.9. The molecule has 3 rings (SSSR count). The minimum Gasteiger partial charge on any atom is -0.472 e. The molecule has 2 aromatic rings. The lowest BCUT2D eigenvalue weighted by Gasteiger charge is -2.17. The van der Waals surface area contributed by atoms with Crippen molar-refractivity contribution in [3.63, 3.8) is 0 Å². The van der Waals surface area contributed by atoms with Crippen molar-refractivity contribution in [2.24, 2.45) is 0 Å². The standard InChI is InChI=1S/C14H12FNO2/c15-12-3-1-11(2-4-12)14(6-7-14)16-13(17)10-5-8-18-9-10/h1-5,8-9H,6-7H2,(H,16,17). The summed E-state index contributed by atoms with van der Waals surface area (Å²) in [5.41, 5.74) is 1.12. The molecule has 1 heterocycles.